The highest BCUT2D eigenvalue weighted by Crippen LogP contribution is 2.24. The summed E-state index contributed by atoms with van der Waals surface area (Å²) in [4.78, 5) is 0.113. The van der Waals surface area contributed by atoms with Gasteiger partial charge in [0.1, 0.15) is 5.82 Å². The molecule has 4 nitrogen and oxygen atoms in total. The molecule has 0 aliphatic carbocycles. The van der Waals surface area contributed by atoms with Gasteiger partial charge in [-0.1, -0.05) is 24.3 Å². The van der Waals surface area contributed by atoms with Gasteiger partial charge < -0.3 is 5.73 Å². The number of nitrogens with two attached hydrogens (primary N) is 1. The van der Waals surface area contributed by atoms with Gasteiger partial charge in [0, 0.05) is 6.54 Å². The lowest BCUT2D eigenvalue weighted by Crippen LogP contribution is -2.16. The minimum atomic E-state index is -3.84. The second-order valence-electron chi connectivity index (χ2n) is 4.84. The number of nitrogens with one attached hydrogen (secondary N) is 1. The smallest absolute Gasteiger partial charge is 0.262 e. The van der Waals surface area contributed by atoms with Crippen molar-refractivity contribution in [3.8, 4) is 0 Å². The maximum Gasteiger partial charge on any atom is 0.262 e. The molecule has 0 saturated carbocycles. The molecule has 6 heteroatoms. The van der Waals surface area contributed by atoms with Crippen LogP contribution in [0, 0.1) is 19.7 Å². The Labute approximate surface area is 123 Å². The molecular weight excluding hydrogens is 291 g/mol. The van der Waals surface area contributed by atoms with Crippen molar-refractivity contribution < 1.29 is 12.8 Å². The fourth-order valence-electron chi connectivity index (χ4n) is 2.09. The highest BCUT2D eigenvalue weighted by atomic mass is 32.2. The average molecular weight is 308 g/mol. The van der Waals surface area contributed by atoms with E-state index >= 15 is 0 Å². The molecule has 0 aromatic heterocycles. The summed E-state index contributed by atoms with van der Waals surface area (Å²) >= 11 is 0. The first kappa shape index (κ1) is 15.5. The Kier molecular flexibility index (Phi) is 4.29. The zero-order chi connectivity index (χ0) is 15.6. The zero-order valence-corrected chi connectivity index (χ0v) is 12.7. The van der Waals surface area contributed by atoms with Crippen molar-refractivity contribution in [1.29, 1.82) is 0 Å². The van der Waals surface area contributed by atoms with Gasteiger partial charge in [-0.15, -0.1) is 0 Å². The van der Waals surface area contributed by atoms with E-state index in [1.807, 2.05) is 0 Å². The third kappa shape index (κ3) is 3.22. The summed E-state index contributed by atoms with van der Waals surface area (Å²) in [6.07, 6.45) is 0. The molecule has 0 radical (unpaired) electrons. The van der Waals surface area contributed by atoms with Crippen molar-refractivity contribution in [1.82, 2.24) is 0 Å². The molecule has 2 aromatic rings. The van der Waals surface area contributed by atoms with E-state index in [0.29, 0.717) is 17.7 Å². The first-order valence-corrected chi connectivity index (χ1v) is 7.91. The minimum absolute atomic E-state index is 0.0280. The molecule has 0 bridgehead atoms. The van der Waals surface area contributed by atoms with E-state index in [-0.39, 0.29) is 10.6 Å². The molecule has 3 N–H and O–H groups in total. The summed E-state index contributed by atoms with van der Waals surface area (Å²) in [6, 6.07) is 9.23. The first-order valence-electron chi connectivity index (χ1n) is 6.42. The summed E-state index contributed by atoms with van der Waals surface area (Å²) in [6.45, 7) is 3.66. The molecule has 21 heavy (non-hydrogen) atoms. The maximum absolute atomic E-state index is 13.8. The maximum atomic E-state index is 13.8. The molecule has 0 amide bonds. The fourth-order valence-corrected chi connectivity index (χ4v) is 3.46. The minimum Gasteiger partial charge on any atom is -0.326 e. The molecule has 2 rings (SSSR count). The first-order chi connectivity index (χ1) is 9.85. The quantitative estimate of drug-likeness (QED) is 0.912. The van der Waals surface area contributed by atoms with Crippen LogP contribution in [0.3, 0.4) is 0 Å². The Bertz CT molecular complexity index is 753. The number of hydrogen-bond acceptors (Lipinski definition) is 3. The third-order valence-corrected chi connectivity index (χ3v) is 4.73. The van der Waals surface area contributed by atoms with E-state index in [9.17, 15) is 12.8 Å². The Hall–Kier alpha value is -1.92. The van der Waals surface area contributed by atoms with Crippen LogP contribution in [0.4, 0.5) is 10.1 Å². The van der Waals surface area contributed by atoms with Gasteiger partial charge in [-0.2, -0.15) is 0 Å². The van der Waals surface area contributed by atoms with Gasteiger partial charge in [-0.05, 0) is 42.7 Å². The van der Waals surface area contributed by atoms with Crippen LogP contribution >= 0.6 is 0 Å². The Morgan fingerprint density at radius 3 is 2.43 bits per heavy atom. The molecule has 2 aromatic carbocycles. The normalized spacial score (nSPS) is 11.4. The van der Waals surface area contributed by atoms with Crippen LogP contribution in [-0.4, -0.2) is 8.42 Å². The van der Waals surface area contributed by atoms with Gasteiger partial charge in [-0.3, -0.25) is 4.72 Å². The number of para-hydroxylation sites is 1. The van der Waals surface area contributed by atoms with Crippen LogP contribution in [0.5, 0.6) is 0 Å². The number of hydrogen-bond donors (Lipinski definition) is 2. The van der Waals surface area contributed by atoms with Crippen LogP contribution in [0.25, 0.3) is 0 Å². The predicted octanol–water partition coefficient (Wildman–Crippen LogP) is 2.70. The van der Waals surface area contributed by atoms with Crippen LogP contribution in [0.15, 0.2) is 41.3 Å². The van der Waals surface area contributed by atoms with Crippen molar-refractivity contribution >= 4 is 15.7 Å². The highest BCUT2D eigenvalue weighted by molar-refractivity contribution is 7.92. The summed E-state index contributed by atoms with van der Waals surface area (Å²) in [5.41, 5.74) is 7.43. The molecule has 0 aliphatic heterocycles. The van der Waals surface area contributed by atoms with Crippen LogP contribution in [0.2, 0.25) is 0 Å². The van der Waals surface area contributed by atoms with Crippen molar-refractivity contribution in [2.45, 2.75) is 25.3 Å². The van der Waals surface area contributed by atoms with E-state index in [2.05, 4.69) is 4.72 Å². The lowest BCUT2D eigenvalue weighted by molar-refractivity contribution is 0.597. The second kappa shape index (κ2) is 5.83. The van der Waals surface area contributed by atoms with Gasteiger partial charge in [-0.25, -0.2) is 12.8 Å². The Morgan fingerprint density at radius 2 is 1.86 bits per heavy atom. The fraction of sp³-hybridized carbons (Fsp3) is 0.200. The second-order valence-corrected chi connectivity index (χ2v) is 6.49. The molecular formula is C15H17FN2O2S. The summed E-state index contributed by atoms with van der Waals surface area (Å²) in [7, 11) is -3.84. The number of halogens is 1. The van der Waals surface area contributed by atoms with E-state index in [4.69, 9.17) is 5.73 Å². The lowest BCUT2D eigenvalue weighted by Gasteiger charge is -2.13. The van der Waals surface area contributed by atoms with Crippen LogP contribution in [0.1, 0.15) is 16.7 Å². The van der Waals surface area contributed by atoms with Gasteiger partial charge in [0.2, 0.25) is 0 Å². The van der Waals surface area contributed by atoms with Crippen molar-refractivity contribution in [2.24, 2.45) is 5.73 Å². The zero-order valence-electron chi connectivity index (χ0n) is 11.9. The lowest BCUT2D eigenvalue weighted by atomic mass is 10.1. The molecule has 0 saturated heterocycles. The van der Waals surface area contributed by atoms with E-state index in [0.717, 1.165) is 5.56 Å². The summed E-state index contributed by atoms with van der Waals surface area (Å²) < 4.78 is 40.9. The highest BCUT2D eigenvalue weighted by Gasteiger charge is 2.19. The molecule has 0 spiro atoms. The number of benzene rings is 2. The van der Waals surface area contributed by atoms with Crippen molar-refractivity contribution in [3.05, 3.63) is 58.9 Å². The van der Waals surface area contributed by atoms with E-state index in [1.165, 1.54) is 18.2 Å². The molecule has 0 heterocycles. The summed E-state index contributed by atoms with van der Waals surface area (Å²) in [5.74, 6) is -0.602. The predicted molar refractivity (Wildman–Crippen MR) is 81.0 cm³/mol. The van der Waals surface area contributed by atoms with Crippen LogP contribution in [-0.2, 0) is 16.6 Å². The third-order valence-electron chi connectivity index (χ3n) is 3.22. The number of rotatable bonds is 4. The number of aryl methyl sites for hydroxylation is 2. The SMILES string of the molecule is Cc1cc(CN)ccc1S(=O)(=O)Nc1c(C)cccc1F. The monoisotopic (exact) mass is 308 g/mol. The molecule has 0 fully saturated rings. The largest absolute Gasteiger partial charge is 0.326 e. The molecule has 0 atom stereocenters. The number of anilines is 1. The number of sulfonamides is 1. The van der Waals surface area contributed by atoms with E-state index in [1.54, 1.807) is 32.0 Å². The van der Waals surface area contributed by atoms with Crippen molar-refractivity contribution in [2.75, 3.05) is 4.72 Å². The van der Waals surface area contributed by atoms with Crippen LogP contribution < -0.4 is 10.5 Å². The van der Waals surface area contributed by atoms with Gasteiger partial charge >= 0.3 is 0 Å². The van der Waals surface area contributed by atoms with Gasteiger partial charge in [0.25, 0.3) is 10.0 Å². The average Bonchev–Trinajstić information content (AvgIpc) is 2.42. The standard InChI is InChI=1S/C15H17FN2O2S/c1-10-4-3-5-13(16)15(10)18-21(19,20)14-7-6-12(9-17)8-11(14)2/h3-8,18H,9,17H2,1-2H3. The van der Waals surface area contributed by atoms with E-state index < -0.39 is 15.8 Å². The van der Waals surface area contributed by atoms with Crippen molar-refractivity contribution in [3.63, 3.8) is 0 Å². The molecule has 0 aliphatic rings. The Morgan fingerprint density at radius 1 is 1.14 bits per heavy atom. The van der Waals surface area contributed by atoms with Gasteiger partial charge in [0.15, 0.2) is 0 Å². The van der Waals surface area contributed by atoms with Gasteiger partial charge in [0.05, 0.1) is 10.6 Å². The topological polar surface area (TPSA) is 72.2 Å². The summed E-state index contributed by atoms with van der Waals surface area (Å²) in [5, 5.41) is 0. The Balaban J connectivity index is 2.44. The molecule has 112 valence electrons. The molecule has 0 unspecified atom stereocenters.